The summed E-state index contributed by atoms with van der Waals surface area (Å²) >= 11 is 0. The molecule has 2 aromatic carbocycles. The molecule has 0 atom stereocenters. The van der Waals surface area contributed by atoms with E-state index in [9.17, 15) is 4.79 Å². The largest absolute Gasteiger partial charge is 0.355 e. The van der Waals surface area contributed by atoms with Gasteiger partial charge in [0.25, 0.3) is 0 Å². The number of carbonyl (C=O) groups excluding carboxylic acids is 1. The summed E-state index contributed by atoms with van der Waals surface area (Å²) in [6.45, 7) is 2.89. The Balaban J connectivity index is 1.52. The number of fused-ring (bicyclic) bond motifs is 1. The molecule has 1 amide bonds. The molecule has 1 aliphatic rings. The summed E-state index contributed by atoms with van der Waals surface area (Å²) in [6, 6.07) is 14.6. The first-order valence-corrected chi connectivity index (χ1v) is 8.14. The lowest BCUT2D eigenvalue weighted by atomic mass is 9.99. The van der Waals surface area contributed by atoms with Gasteiger partial charge in [-0.1, -0.05) is 42.5 Å². The Labute approximate surface area is 132 Å². The van der Waals surface area contributed by atoms with Gasteiger partial charge in [-0.3, -0.25) is 4.79 Å². The van der Waals surface area contributed by atoms with Crippen LogP contribution in [0.25, 0.3) is 0 Å². The van der Waals surface area contributed by atoms with Crippen LogP contribution in [0.5, 0.6) is 0 Å². The molecule has 2 nitrogen and oxygen atoms in total. The predicted molar refractivity (Wildman–Crippen MR) is 90.1 cm³/mol. The van der Waals surface area contributed by atoms with Crippen molar-refractivity contribution in [2.45, 2.75) is 39.0 Å². The zero-order chi connectivity index (χ0) is 15.4. The van der Waals surface area contributed by atoms with Gasteiger partial charge in [0.2, 0.25) is 5.91 Å². The summed E-state index contributed by atoms with van der Waals surface area (Å²) in [6.07, 6.45) is 5.10. The van der Waals surface area contributed by atoms with Gasteiger partial charge in [0.15, 0.2) is 0 Å². The van der Waals surface area contributed by atoms with Crippen LogP contribution in [0.3, 0.4) is 0 Å². The molecule has 1 N–H and O–H groups in total. The van der Waals surface area contributed by atoms with Crippen molar-refractivity contribution in [3.05, 3.63) is 70.3 Å². The van der Waals surface area contributed by atoms with E-state index in [0.717, 1.165) is 12.0 Å². The van der Waals surface area contributed by atoms with Crippen LogP contribution >= 0.6 is 0 Å². The maximum Gasteiger partial charge on any atom is 0.224 e. The fourth-order valence-electron chi connectivity index (χ4n) is 3.25. The monoisotopic (exact) mass is 293 g/mol. The van der Waals surface area contributed by atoms with Crippen molar-refractivity contribution < 1.29 is 4.79 Å². The molecule has 0 aliphatic heterocycles. The summed E-state index contributed by atoms with van der Waals surface area (Å²) in [7, 11) is 0. The Bertz CT molecular complexity index is 661. The quantitative estimate of drug-likeness (QED) is 0.899. The minimum Gasteiger partial charge on any atom is -0.355 e. The fraction of sp³-hybridized carbons (Fsp3) is 0.350. The standard InChI is InChI=1S/C20H23NO/c1-15-12-18-8-5-9-19(18)14-17(15)10-11-21-20(22)13-16-6-3-2-4-7-16/h2-4,6-7,12,14H,5,8-11,13H2,1H3,(H,21,22). The van der Waals surface area contributed by atoms with Crippen molar-refractivity contribution in [2.24, 2.45) is 0 Å². The molecule has 0 saturated carbocycles. The number of carbonyl (C=O) groups is 1. The molecule has 2 aromatic rings. The van der Waals surface area contributed by atoms with Crippen molar-refractivity contribution in [1.82, 2.24) is 5.32 Å². The molecule has 0 aromatic heterocycles. The molecular weight excluding hydrogens is 270 g/mol. The van der Waals surface area contributed by atoms with Gasteiger partial charge >= 0.3 is 0 Å². The topological polar surface area (TPSA) is 29.1 Å². The van der Waals surface area contributed by atoms with Crippen molar-refractivity contribution in [3.63, 3.8) is 0 Å². The lowest BCUT2D eigenvalue weighted by Crippen LogP contribution is -2.27. The SMILES string of the molecule is Cc1cc2c(cc1CCNC(=O)Cc1ccccc1)CCC2. The summed E-state index contributed by atoms with van der Waals surface area (Å²) in [5.74, 6) is 0.102. The highest BCUT2D eigenvalue weighted by Gasteiger charge is 2.13. The summed E-state index contributed by atoms with van der Waals surface area (Å²) in [5.41, 5.74) is 6.83. The zero-order valence-corrected chi connectivity index (χ0v) is 13.2. The van der Waals surface area contributed by atoms with E-state index in [1.807, 2.05) is 30.3 Å². The minimum atomic E-state index is 0.102. The van der Waals surface area contributed by atoms with Gasteiger partial charge in [-0.15, -0.1) is 0 Å². The first-order valence-electron chi connectivity index (χ1n) is 8.14. The van der Waals surface area contributed by atoms with Gasteiger partial charge in [-0.25, -0.2) is 0 Å². The van der Waals surface area contributed by atoms with E-state index in [-0.39, 0.29) is 5.91 Å². The molecule has 114 valence electrons. The lowest BCUT2D eigenvalue weighted by Gasteiger charge is -2.10. The van der Waals surface area contributed by atoms with Crippen LogP contribution in [0, 0.1) is 6.92 Å². The van der Waals surface area contributed by atoms with Gasteiger partial charge in [-0.05, 0) is 60.4 Å². The second kappa shape index (κ2) is 6.78. The first-order chi connectivity index (χ1) is 10.7. The molecule has 0 fully saturated rings. The highest BCUT2D eigenvalue weighted by atomic mass is 16.1. The number of hydrogen-bond donors (Lipinski definition) is 1. The van der Waals surface area contributed by atoms with E-state index in [1.54, 1.807) is 0 Å². The third kappa shape index (κ3) is 3.56. The van der Waals surface area contributed by atoms with Gasteiger partial charge < -0.3 is 5.32 Å². The third-order valence-electron chi connectivity index (χ3n) is 4.47. The summed E-state index contributed by atoms with van der Waals surface area (Å²) < 4.78 is 0. The third-order valence-corrected chi connectivity index (χ3v) is 4.47. The summed E-state index contributed by atoms with van der Waals surface area (Å²) in [5, 5.41) is 3.04. The van der Waals surface area contributed by atoms with Gasteiger partial charge in [-0.2, -0.15) is 0 Å². The zero-order valence-electron chi connectivity index (χ0n) is 13.2. The average Bonchev–Trinajstić information content (AvgIpc) is 2.95. The van der Waals surface area contributed by atoms with E-state index >= 15 is 0 Å². The number of amides is 1. The van der Waals surface area contributed by atoms with Gasteiger partial charge in [0.1, 0.15) is 0 Å². The maximum atomic E-state index is 12.0. The molecule has 0 bridgehead atoms. The van der Waals surface area contributed by atoms with Crippen LogP contribution in [0.4, 0.5) is 0 Å². The summed E-state index contributed by atoms with van der Waals surface area (Å²) in [4.78, 5) is 12.0. The normalized spacial score (nSPS) is 13.0. The second-order valence-corrected chi connectivity index (χ2v) is 6.16. The molecular formula is C20H23NO. The lowest BCUT2D eigenvalue weighted by molar-refractivity contribution is -0.120. The Morgan fingerprint density at radius 3 is 2.59 bits per heavy atom. The van der Waals surface area contributed by atoms with Crippen molar-refractivity contribution in [2.75, 3.05) is 6.54 Å². The molecule has 0 unspecified atom stereocenters. The van der Waals surface area contributed by atoms with Crippen LogP contribution < -0.4 is 5.32 Å². The van der Waals surface area contributed by atoms with Crippen LogP contribution in [-0.4, -0.2) is 12.5 Å². The first kappa shape index (κ1) is 14.8. The van der Waals surface area contributed by atoms with Gasteiger partial charge in [0, 0.05) is 6.54 Å². The molecule has 2 heteroatoms. The van der Waals surface area contributed by atoms with E-state index < -0.39 is 0 Å². The number of rotatable bonds is 5. The van der Waals surface area contributed by atoms with Crippen LogP contribution in [-0.2, 0) is 30.5 Å². The van der Waals surface area contributed by atoms with E-state index in [4.69, 9.17) is 0 Å². The highest BCUT2D eigenvalue weighted by Crippen LogP contribution is 2.25. The van der Waals surface area contributed by atoms with E-state index in [2.05, 4.69) is 24.4 Å². The minimum absolute atomic E-state index is 0.102. The van der Waals surface area contributed by atoms with Crippen LogP contribution in [0.2, 0.25) is 0 Å². The van der Waals surface area contributed by atoms with Crippen molar-refractivity contribution >= 4 is 5.91 Å². The Morgan fingerprint density at radius 1 is 1.09 bits per heavy atom. The van der Waals surface area contributed by atoms with Crippen LogP contribution in [0.15, 0.2) is 42.5 Å². The Kier molecular flexibility index (Phi) is 4.57. The molecule has 0 saturated heterocycles. The predicted octanol–water partition coefficient (Wildman–Crippen LogP) is 3.39. The number of benzene rings is 2. The van der Waals surface area contributed by atoms with Crippen molar-refractivity contribution in [3.8, 4) is 0 Å². The van der Waals surface area contributed by atoms with E-state index in [0.29, 0.717) is 13.0 Å². The molecule has 3 rings (SSSR count). The fourth-order valence-corrected chi connectivity index (χ4v) is 3.25. The highest BCUT2D eigenvalue weighted by molar-refractivity contribution is 5.78. The number of aryl methyl sites for hydroxylation is 3. The molecule has 0 heterocycles. The second-order valence-electron chi connectivity index (χ2n) is 6.16. The molecule has 22 heavy (non-hydrogen) atoms. The number of nitrogens with one attached hydrogen (secondary N) is 1. The van der Waals surface area contributed by atoms with Crippen LogP contribution in [0.1, 0.15) is 34.2 Å². The smallest absolute Gasteiger partial charge is 0.224 e. The maximum absolute atomic E-state index is 12.0. The molecule has 0 spiro atoms. The Hall–Kier alpha value is -2.09. The van der Waals surface area contributed by atoms with Gasteiger partial charge in [0.05, 0.1) is 6.42 Å². The van der Waals surface area contributed by atoms with Crippen molar-refractivity contribution in [1.29, 1.82) is 0 Å². The average molecular weight is 293 g/mol. The molecule has 0 radical (unpaired) electrons. The van der Waals surface area contributed by atoms with E-state index in [1.165, 1.54) is 41.5 Å². The Morgan fingerprint density at radius 2 is 1.82 bits per heavy atom. The molecule has 1 aliphatic carbocycles. The number of hydrogen-bond acceptors (Lipinski definition) is 1.